The third-order valence-corrected chi connectivity index (χ3v) is 4.05. The Morgan fingerprint density at radius 3 is 2.52 bits per heavy atom. The van der Waals surface area contributed by atoms with E-state index in [1.165, 1.54) is 20.3 Å². The van der Waals surface area contributed by atoms with Gasteiger partial charge >= 0.3 is 11.9 Å². The van der Waals surface area contributed by atoms with E-state index in [1.54, 1.807) is 42.6 Å². The van der Waals surface area contributed by atoms with Crippen LogP contribution in [-0.2, 0) is 19.1 Å². The maximum atomic E-state index is 12.5. The minimum absolute atomic E-state index is 0.0412. The van der Waals surface area contributed by atoms with Crippen molar-refractivity contribution in [3.8, 4) is 5.75 Å². The SMILES string of the molecule is COC(=O)C1=C(C(=O)OC)N(c2cccc3cc(OC)cnc23)C=CC=C1. The fourth-order valence-electron chi connectivity index (χ4n) is 2.78. The van der Waals surface area contributed by atoms with Crippen LogP contribution in [0.4, 0.5) is 5.69 Å². The molecule has 0 aliphatic carbocycles. The number of ether oxygens (including phenoxy) is 3. The Labute approximate surface area is 156 Å². The van der Waals surface area contributed by atoms with E-state index in [4.69, 9.17) is 14.2 Å². The van der Waals surface area contributed by atoms with Crippen molar-refractivity contribution >= 4 is 28.5 Å². The van der Waals surface area contributed by atoms with Crippen LogP contribution in [-0.4, -0.2) is 38.3 Å². The van der Waals surface area contributed by atoms with E-state index in [9.17, 15) is 9.59 Å². The summed E-state index contributed by atoms with van der Waals surface area (Å²) in [6.07, 6.45) is 8.13. The van der Waals surface area contributed by atoms with Crippen LogP contribution in [0, 0.1) is 0 Å². The zero-order valence-corrected chi connectivity index (χ0v) is 15.1. The smallest absolute Gasteiger partial charge is 0.355 e. The highest BCUT2D eigenvalue weighted by Gasteiger charge is 2.28. The molecule has 1 aliphatic rings. The number of allylic oxidation sites excluding steroid dienone is 2. The predicted octanol–water partition coefficient (Wildman–Crippen LogP) is 2.73. The summed E-state index contributed by atoms with van der Waals surface area (Å²) in [7, 11) is 4.08. The molecule has 0 radical (unpaired) electrons. The number of carbonyl (C=O) groups is 2. The summed E-state index contributed by atoms with van der Waals surface area (Å²) in [5.41, 5.74) is 1.37. The van der Waals surface area contributed by atoms with Crippen LogP contribution in [0.2, 0.25) is 0 Å². The van der Waals surface area contributed by atoms with Crippen molar-refractivity contribution in [1.29, 1.82) is 0 Å². The first-order valence-corrected chi connectivity index (χ1v) is 8.08. The second-order valence-electron chi connectivity index (χ2n) is 5.54. The monoisotopic (exact) mass is 366 g/mol. The molecule has 7 heteroatoms. The first-order chi connectivity index (χ1) is 13.1. The topological polar surface area (TPSA) is 78.0 Å². The van der Waals surface area contributed by atoms with E-state index >= 15 is 0 Å². The Balaban J connectivity index is 2.26. The summed E-state index contributed by atoms with van der Waals surface area (Å²) in [6, 6.07) is 7.36. The highest BCUT2D eigenvalue weighted by molar-refractivity contribution is 6.07. The van der Waals surface area contributed by atoms with Gasteiger partial charge in [-0.1, -0.05) is 18.2 Å². The third-order valence-electron chi connectivity index (χ3n) is 4.05. The number of benzene rings is 1. The number of nitrogens with zero attached hydrogens (tertiary/aromatic N) is 2. The van der Waals surface area contributed by atoms with Gasteiger partial charge < -0.3 is 19.1 Å². The molecule has 2 aromatic rings. The maximum Gasteiger partial charge on any atom is 0.355 e. The highest BCUT2D eigenvalue weighted by atomic mass is 16.5. The number of rotatable bonds is 4. The van der Waals surface area contributed by atoms with Crippen molar-refractivity contribution < 1.29 is 23.8 Å². The predicted molar refractivity (Wildman–Crippen MR) is 100 cm³/mol. The average Bonchev–Trinajstić information content (AvgIpc) is 2.94. The molecule has 138 valence electrons. The second kappa shape index (κ2) is 7.74. The lowest BCUT2D eigenvalue weighted by Gasteiger charge is -2.24. The Hall–Kier alpha value is -3.61. The van der Waals surface area contributed by atoms with Gasteiger partial charge in [0.2, 0.25) is 0 Å². The van der Waals surface area contributed by atoms with E-state index in [0.29, 0.717) is 17.0 Å². The number of carbonyl (C=O) groups excluding carboxylic acids is 2. The van der Waals surface area contributed by atoms with Crippen LogP contribution >= 0.6 is 0 Å². The lowest BCUT2D eigenvalue weighted by atomic mass is 10.1. The third kappa shape index (κ3) is 3.39. The van der Waals surface area contributed by atoms with Gasteiger partial charge in [0.25, 0.3) is 0 Å². The normalized spacial score (nSPS) is 13.5. The van der Waals surface area contributed by atoms with E-state index in [2.05, 4.69) is 4.98 Å². The standard InChI is InChI=1S/C20H18N2O5/c1-25-14-11-13-7-6-9-16(17(13)21-12-14)22-10-5-4-8-15(19(23)26-2)18(22)20(24)27-3/h4-12H,1-3H3. The van der Waals surface area contributed by atoms with Gasteiger partial charge in [0, 0.05) is 11.6 Å². The number of fused-ring (bicyclic) bond motifs is 1. The summed E-state index contributed by atoms with van der Waals surface area (Å²) in [4.78, 5) is 30.8. The van der Waals surface area contributed by atoms with Gasteiger partial charge in [-0.2, -0.15) is 0 Å². The lowest BCUT2D eigenvalue weighted by Crippen LogP contribution is -2.27. The van der Waals surface area contributed by atoms with E-state index in [1.807, 2.05) is 18.2 Å². The molecule has 1 aromatic carbocycles. The zero-order valence-electron chi connectivity index (χ0n) is 15.1. The first kappa shape index (κ1) is 18.2. The summed E-state index contributed by atoms with van der Waals surface area (Å²) < 4.78 is 15.0. The number of esters is 2. The van der Waals surface area contributed by atoms with Gasteiger partial charge in [0.1, 0.15) is 11.4 Å². The van der Waals surface area contributed by atoms with Gasteiger partial charge in [-0.15, -0.1) is 0 Å². The minimum atomic E-state index is -0.669. The fourth-order valence-corrected chi connectivity index (χ4v) is 2.78. The molecule has 3 rings (SSSR count). The van der Waals surface area contributed by atoms with Crippen LogP contribution in [0.3, 0.4) is 0 Å². The molecule has 0 saturated heterocycles. The number of hydrogen-bond donors (Lipinski definition) is 0. The van der Waals surface area contributed by atoms with Crippen LogP contribution < -0.4 is 9.64 Å². The van der Waals surface area contributed by atoms with Gasteiger partial charge in [0.15, 0.2) is 0 Å². The summed E-state index contributed by atoms with van der Waals surface area (Å²) in [5, 5.41) is 0.821. The maximum absolute atomic E-state index is 12.5. The summed E-state index contributed by atoms with van der Waals surface area (Å²) in [5.74, 6) is -0.695. The molecular weight excluding hydrogens is 348 g/mol. The molecule has 1 aliphatic heterocycles. The number of methoxy groups -OCH3 is 3. The van der Waals surface area contributed by atoms with Crippen molar-refractivity contribution in [1.82, 2.24) is 4.98 Å². The van der Waals surface area contributed by atoms with Crippen LogP contribution in [0.25, 0.3) is 10.9 Å². The fraction of sp³-hybridized carbons (Fsp3) is 0.150. The van der Waals surface area contributed by atoms with Crippen molar-refractivity contribution in [2.75, 3.05) is 26.2 Å². The quantitative estimate of drug-likeness (QED) is 0.770. The van der Waals surface area contributed by atoms with Crippen molar-refractivity contribution in [2.24, 2.45) is 0 Å². The Morgan fingerprint density at radius 1 is 1.04 bits per heavy atom. The van der Waals surface area contributed by atoms with Crippen molar-refractivity contribution in [3.05, 3.63) is 66.2 Å². The Morgan fingerprint density at radius 2 is 1.81 bits per heavy atom. The van der Waals surface area contributed by atoms with Crippen LogP contribution in [0.15, 0.2) is 66.2 Å². The van der Waals surface area contributed by atoms with Crippen LogP contribution in [0.5, 0.6) is 5.75 Å². The van der Waals surface area contributed by atoms with E-state index in [0.717, 1.165) is 5.39 Å². The van der Waals surface area contributed by atoms with Gasteiger partial charge in [-0.25, -0.2) is 9.59 Å². The number of pyridine rings is 1. The molecule has 1 aromatic heterocycles. The molecule has 0 N–H and O–H groups in total. The molecule has 2 heterocycles. The van der Waals surface area contributed by atoms with Crippen molar-refractivity contribution in [3.63, 3.8) is 0 Å². The van der Waals surface area contributed by atoms with Gasteiger partial charge in [-0.05, 0) is 24.3 Å². The van der Waals surface area contributed by atoms with Gasteiger partial charge in [0.05, 0.1) is 44.3 Å². The summed E-state index contributed by atoms with van der Waals surface area (Å²) in [6.45, 7) is 0. The molecule has 0 fully saturated rings. The molecular formula is C20H18N2O5. The molecule has 0 spiro atoms. The Kier molecular flexibility index (Phi) is 5.21. The molecule has 27 heavy (non-hydrogen) atoms. The second-order valence-corrected chi connectivity index (χ2v) is 5.54. The molecule has 0 amide bonds. The number of para-hydroxylation sites is 1. The van der Waals surface area contributed by atoms with E-state index in [-0.39, 0.29) is 11.3 Å². The zero-order chi connectivity index (χ0) is 19.4. The lowest BCUT2D eigenvalue weighted by molar-refractivity contribution is -0.139. The molecule has 0 atom stereocenters. The number of anilines is 1. The summed E-state index contributed by atoms with van der Waals surface area (Å²) >= 11 is 0. The average molecular weight is 366 g/mol. The number of hydrogen-bond acceptors (Lipinski definition) is 7. The van der Waals surface area contributed by atoms with Gasteiger partial charge in [-0.3, -0.25) is 4.98 Å². The first-order valence-electron chi connectivity index (χ1n) is 8.08. The highest BCUT2D eigenvalue weighted by Crippen LogP contribution is 2.32. The molecule has 0 unspecified atom stereocenters. The number of aromatic nitrogens is 1. The minimum Gasteiger partial charge on any atom is -0.495 e. The molecule has 7 nitrogen and oxygen atoms in total. The van der Waals surface area contributed by atoms with E-state index < -0.39 is 11.9 Å². The largest absolute Gasteiger partial charge is 0.495 e. The Bertz CT molecular complexity index is 991. The molecule has 0 bridgehead atoms. The van der Waals surface area contributed by atoms with Crippen LogP contribution in [0.1, 0.15) is 0 Å². The van der Waals surface area contributed by atoms with Crippen molar-refractivity contribution in [2.45, 2.75) is 0 Å². The molecule has 0 saturated carbocycles.